The molecule has 170 valence electrons. The van der Waals surface area contributed by atoms with Crippen LogP contribution in [0.2, 0.25) is 0 Å². The Bertz CT molecular complexity index is 1510. The summed E-state index contributed by atoms with van der Waals surface area (Å²) in [6, 6.07) is 8.07. The number of anilines is 2. The van der Waals surface area contributed by atoms with Crippen LogP contribution in [-0.2, 0) is 25.0 Å². The minimum absolute atomic E-state index is 0. The average Bonchev–Trinajstić information content (AvgIpc) is 2.66. The topological polar surface area (TPSA) is 209 Å². The van der Waals surface area contributed by atoms with Crippen LogP contribution in [0.3, 0.4) is 0 Å². The summed E-state index contributed by atoms with van der Waals surface area (Å²) in [7, 11) is -9.36. The number of carbonyl (C=O) groups is 1. The summed E-state index contributed by atoms with van der Waals surface area (Å²) in [4.78, 5) is 9.99. The van der Waals surface area contributed by atoms with Gasteiger partial charge < -0.3 is 16.2 Å². The molecule has 16 heteroatoms. The molecule has 0 atom stereocenters. The van der Waals surface area contributed by atoms with Gasteiger partial charge in [0.2, 0.25) is 5.91 Å². The van der Waals surface area contributed by atoms with Gasteiger partial charge in [0.05, 0.1) is 16.0 Å². The van der Waals surface area contributed by atoms with Gasteiger partial charge in [0, 0.05) is 77.8 Å². The number of azo groups is 1. The van der Waals surface area contributed by atoms with E-state index in [1.807, 2.05) is 0 Å². The van der Waals surface area contributed by atoms with E-state index in [4.69, 9.17) is 5.73 Å². The second kappa shape index (κ2) is 11.4. The van der Waals surface area contributed by atoms with Crippen molar-refractivity contribution >= 4 is 119 Å². The molecular formula is C18H16N4Na2O8S2. The Morgan fingerprint density at radius 1 is 0.941 bits per heavy atom. The van der Waals surface area contributed by atoms with Gasteiger partial charge in [0.15, 0.2) is 0 Å². The third kappa shape index (κ3) is 6.97. The van der Waals surface area contributed by atoms with E-state index in [0.717, 1.165) is 18.2 Å². The number of nitrogens with one attached hydrogen (secondary N) is 1. The van der Waals surface area contributed by atoms with E-state index in [0.29, 0.717) is 0 Å². The first-order valence-corrected chi connectivity index (χ1v) is 11.5. The molecule has 3 rings (SSSR count). The first kappa shape index (κ1) is 30.4. The van der Waals surface area contributed by atoms with Gasteiger partial charge in [-0.25, -0.2) is 0 Å². The van der Waals surface area contributed by atoms with Gasteiger partial charge >= 0.3 is 0 Å². The Morgan fingerprint density at radius 3 is 2.15 bits per heavy atom. The number of phenolic OH excluding ortho intramolecular Hbond substituents is 1. The number of rotatable bonds is 5. The molecule has 0 aliphatic carbocycles. The van der Waals surface area contributed by atoms with Crippen LogP contribution in [0.25, 0.3) is 10.8 Å². The maximum absolute atomic E-state index is 11.8. The molecule has 0 heterocycles. The molecule has 0 bridgehead atoms. The second-order valence-electron chi connectivity index (χ2n) is 6.56. The van der Waals surface area contributed by atoms with Crippen LogP contribution < -0.4 is 11.1 Å². The number of nitrogens with two attached hydrogens (primary N) is 1. The summed E-state index contributed by atoms with van der Waals surface area (Å²) in [6.07, 6.45) is 0. The minimum atomic E-state index is -4.76. The van der Waals surface area contributed by atoms with Crippen LogP contribution in [-0.4, -0.2) is 96.1 Å². The first-order valence-electron chi connectivity index (χ1n) is 8.61. The van der Waals surface area contributed by atoms with E-state index in [1.165, 1.54) is 31.2 Å². The number of amides is 1. The molecule has 12 nitrogen and oxygen atoms in total. The largest absolute Gasteiger partial charge is 0.507 e. The van der Waals surface area contributed by atoms with E-state index in [2.05, 4.69) is 15.5 Å². The molecule has 0 aliphatic heterocycles. The van der Waals surface area contributed by atoms with Crippen LogP contribution in [0, 0.1) is 0 Å². The van der Waals surface area contributed by atoms with Crippen molar-refractivity contribution in [2.75, 3.05) is 11.1 Å². The number of fused-ring (bicyclic) bond motifs is 1. The molecule has 6 N–H and O–H groups in total. The van der Waals surface area contributed by atoms with Crippen LogP contribution in [0.4, 0.5) is 22.7 Å². The van der Waals surface area contributed by atoms with Crippen molar-refractivity contribution in [2.24, 2.45) is 10.2 Å². The molecule has 3 aromatic carbocycles. The van der Waals surface area contributed by atoms with Crippen molar-refractivity contribution in [1.29, 1.82) is 0 Å². The van der Waals surface area contributed by atoms with E-state index in [-0.39, 0.29) is 92.6 Å². The summed E-state index contributed by atoms with van der Waals surface area (Å²) < 4.78 is 65.0. The van der Waals surface area contributed by atoms with Gasteiger partial charge in [-0.15, -0.1) is 10.2 Å². The van der Waals surface area contributed by atoms with Gasteiger partial charge in [-0.1, -0.05) is 6.07 Å². The predicted molar refractivity (Wildman–Crippen MR) is 126 cm³/mol. The van der Waals surface area contributed by atoms with Crippen molar-refractivity contribution in [3.63, 3.8) is 0 Å². The van der Waals surface area contributed by atoms with Crippen molar-refractivity contribution in [3.05, 3.63) is 42.5 Å². The molecule has 0 saturated heterocycles. The maximum Gasteiger partial charge on any atom is 0.296 e. The van der Waals surface area contributed by atoms with Crippen LogP contribution >= 0.6 is 0 Å². The Hall–Kier alpha value is -1.59. The molecule has 0 unspecified atom stereocenters. The predicted octanol–water partition coefficient (Wildman–Crippen LogP) is 2.23. The summed E-state index contributed by atoms with van der Waals surface area (Å²) >= 11 is 0. The standard InChI is InChI=1S/C18H16N4O8S2.2Na/c1-9(23)20-11-3-5-14(16(7-11)32(28,29)30)21-22-18-13(19)4-2-10-6-12(31(25,26)27)8-15(24)17(10)18;;/h2-8,24H,19H2,1H3,(H,20,23)(H,25,26,27)(H,28,29,30);;. The smallest absolute Gasteiger partial charge is 0.296 e. The van der Waals surface area contributed by atoms with Gasteiger partial charge in [-0.05, 0) is 35.7 Å². The van der Waals surface area contributed by atoms with Gasteiger partial charge in [0.1, 0.15) is 22.0 Å². The van der Waals surface area contributed by atoms with Crippen molar-refractivity contribution in [1.82, 2.24) is 0 Å². The molecular weight excluding hydrogens is 510 g/mol. The van der Waals surface area contributed by atoms with Crippen LogP contribution in [0.1, 0.15) is 6.92 Å². The zero-order valence-corrected chi connectivity index (χ0v) is 23.8. The number of nitrogens with zero attached hydrogens (tertiary/aromatic N) is 2. The molecule has 0 aliphatic rings. The number of aromatic hydroxyl groups is 1. The fourth-order valence-electron chi connectivity index (χ4n) is 2.86. The number of phenols is 1. The zero-order valence-electron chi connectivity index (χ0n) is 18.2. The molecule has 34 heavy (non-hydrogen) atoms. The Balaban J connectivity index is 0.00000289. The molecule has 0 saturated carbocycles. The number of carbonyl (C=O) groups excluding carboxylic acids is 1. The van der Waals surface area contributed by atoms with Crippen molar-refractivity contribution < 1.29 is 35.8 Å². The van der Waals surface area contributed by atoms with E-state index < -0.39 is 41.7 Å². The minimum Gasteiger partial charge on any atom is -0.507 e. The summed E-state index contributed by atoms with van der Waals surface area (Å²) in [5.41, 5.74) is 5.58. The quantitative estimate of drug-likeness (QED) is 0.143. The van der Waals surface area contributed by atoms with Gasteiger partial charge in [-0.3, -0.25) is 13.9 Å². The average molecular weight is 526 g/mol. The second-order valence-corrected chi connectivity index (χ2v) is 9.37. The van der Waals surface area contributed by atoms with E-state index >= 15 is 0 Å². The Morgan fingerprint density at radius 2 is 1.59 bits per heavy atom. The van der Waals surface area contributed by atoms with E-state index in [9.17, 15) is 35.8 Å². The number of hydrogen-bond donors (Lipinski definition) is 5. The molecule has 0 fully saturated rings. The SMILES string of the molecule is CC(=O)Nc1ccc(N=Nc2c(N)ccc3cc(S(=O)(=O)O)cc(O)c23)c(S(=O)(=O)O)c1.[Na].[Na]. The molecule has 1 amide bonds. The molecule has 0 aromatic heterocycles. The van der Waals surface area contributed by atoms with Gasteiger partial charge in [0.25, 0.3) is 20.2 Å². The number of benzene rings is 3. The zero-order chi connectivity index (χ0) is 23.8. The third-order valence-corrected chi connectivity index (χ3v) is 5.90. The summed E-state index contributed by atoms with van der Waals surface area (Å²) in [6.45, 7) is 1.21. The fourth-order valence-corrected chi connectivity index (χ4v) is 4.04. The number of nitrogen functional groups attached to an aromatic ring is 1. The third-order valence-electron chi connectivity index (χ3n) is 4.19. The maximum atomic E-state index is 11.8. The first-order chi connectivity index (χ1) is 14.8. The monoisotopic (exact) mass is 526 g/mol. The normalized spacial score (nSPS) is 11.6. The van der Waals surface area contributed by atoms with E-state index in [1.54, 1.807) is 0 Å². The fraction of sp³-hybridized carbons (Fsp3) is 0.0556. The molecule has 2 radical (unpaired) electrons. The van der Waals surface area contributed by atoms with Crippen LogP contribution in [0.15, 0.2) is 62.5 Å². The van der Waals surface area contributed by atoms with Gasteiger partial charge in [-0.2, -0.15) is 16.8 Å². The summed E-state index contributed by atoms with van der Waals surface area (Å²) in [5.74, 6) is -1.05. The molecule has 0 spiro atoms. The molecule has 3 aromatic rings. The van der Waals surface area contributed by atoms with Crippen molar-refractivity contribution in [2.45, 2.75) is 16.7 Å². The Kier molecular flexibility index (Phi) is 10.2. The summed E-state index contributed by atoms with van der Waals surface area (Å²) in [5, 5.41) is 20.5. The van der Waals surface area contributed by atoms with Crippen LogP contribution in [0.5, 0.6) is 5.75 Å². The number of hydrogen-bond acceptors (Lipinski definition) is 9. The Labute approximate surface area is 238 Å². The van der Waals surface area contributed by atoms with Crippen molar-refractivity contribution in [3.8, 4) is 5.75 Å².